The van der Waals surface area contributed by atoms with Crippen molar-refractivity contribution >= 4 is 11.4 Å². The van der Waals surface area contributed by atoms with Crippen LogP contribution < -0.4 is 0 Å². The Balaban J connectivity index is 2.16. The Bertz CT molecular complexity index is 708. The summed E-state index contributed by atoms with van der Waals surface area (Å²) >= 11 is 0. The van der Waals surface area contributed by atoms with Gasteiger partial charge < -0.3 is 4.52 Å². The number of carbonyl (C=O) groups excluding carboxylic acids is 1. The minimum Gasteiger partial charge on any atom is -0.352 e. The first-order chi connectivity index (χ1) is 10.3. The number of rotatable bonds is 3. The Labute approximate surface area is 124 Å². The Kier molecular flexibility index (Phi) is 3.82. The van der Waals surface area contributed by atoms with Crippen molar-refractivity contribution in [2.45, 2.75) is 26.2 Å². The molecular weight excluding hydrogens is 262 g/mol. The Morgan fingerprint density at radius 1 is 1.14 bits per heavy atom. The fourth-order valence-electron chi connectivity index (χ4n) is 2.59. The van der Waals surface area contributed by atoms with Gasteiger partial charge in [0.25, 0.3) is 0 Å². The predicted octanol–water partition coefficient (Wildman–Crippen LogP) is 4.67. The van der Waals surface area contributed by atoms with Crippen LogP contribution in [0.1, 0.15) is 42.3 Å². The summed E-state index contributed by atoms with van der Waals surface area (Å²) in [6.07, 6.45) is 9.32. The fraction of sp³-hybridized carbons (Fsp3) is 0.222. The number of allylic oxidation sites excluding steroid dienone is 4. The van der Waals surface area contributed by atoms with Crippen molar-refractivity contribution in [1.29, 1.82) is 0 Å². The van der Waals surface area contributed by atoms with Gasteiger partial charge >= 0.3 is 0 Å². The topological polar surface area (TPSA) is 43.1 Å². The summed E-state index contributed by atoms with van der Waals surface area (Å²) < 4.78 is 5.34. The predicted molar refractivity (Wildman–Crippen MR) is 82.9 cm³/mol. The van der Waals surface area contributed by atoms with Crippen LogP contribution in [-0.4, -0.2) is 10.9 Å². The molecule has 1 heterocycles. The van der Waals surface area contributed by atoms with Crippen molar-refractivity contribution in [3.63, 3.8) is 0 Å². The zero-order valence-corrected chi connectivity index (χ0v) is 12.0. The monoisotopic (exact) mass is 279 g/mol. The van der Waals surface area contributed by atoms with Gasteiger partial charge in [-0.05, 0) is 24.8 Å². The van der Waals surface area contributed by atoms with Crippen LogP contribution in [0, 0.1) is 0 Å². The Hall–Kier alpha value is -2.42. The molecule has 0 saturated carbocycles. The Morgan fingerprint density at radius 2 is 1.95 bits per heavy atom. The second-order valence-corrected chi connectivity index (χ2v) is 5.14. The third-order valence-electron chi connectivity index (χ3n) is 3.61. The van der Waals surface area contributed by atoms with Gasteiger partial charge in [0.15, 0.2) is 5.78 Å². The molecule has 3 rings (SSSR count). The normalized spacial score (nSPS) is 14.6. The van der Waals surface area contributed by atoms with E-state index in [1.807, 2.05) is 30.3 Å². The van der Waals surface area contributed by atoms with E-state index in [2.05, 4.69) is 23.4 Å². The summed E-state index contributed by atoms with van der Waals surface area (Å²) in [7, 11) is 0. The molecule has 0 unspecified atom stereocenters. The van der Waals surface area contributed by atoms with Crippen molar-refractivity contribution in [1.82, 2.24) is 5.16 Å². The number of Topliss-reactive ketones (excluding diaryl/α,β-unsaturated/α-hetero) is 1. The molecule has 2 aromatic rings. The largest absolute Gasteiger partial charge is 0.352 e. The lowest BCUT2D eigenvalue weighted by Crippen LogP contribution is -1.96. The van der Waals surface area contributed by atoms with E-state index >= 15 is 0 Å². The van der Waals surface area contributed by atoms with E-state index in [0.717, 1.165) is 41.7 Å². The van der Waals surface area contributed by atoms with E-state index in [1.54, 1.807) is 0 Å². The second-order valence-electron chi connectivity index (χ2n) is 5.14. The molecule has 21 heavy (non-hydrogen) atoms. The minimum absolute atomic E-state index is 0.0891. The molecule has 1 aliphatic rings. The summed E-state index contributed by atoms with van der Waals surface area (Å²) in [5.74, 6) is 0.268. The first-order valence-corrected chi connectivity index (χ1v) is 7.18. The molecule has 0 bridgehead atoms. The van der Waals surface area contributed by atoms with E-state index in [0.29, 0.717) is 5.76 Å². The SMILES string of the molecule is CC(=O)c1onc(-c2ccccc2)c1C1=CCCC=CC1. The van der Waals surface area contributed by atoms with Crippen LogP contribution in [0.4, 0.5) is 0 Å². The average Bonchev–Trinajstić information content (AvgIpc) is 2.77. The van der Waals surface area contributed by atoms with E-state index in [9.17, 15) is 4.79 Å². The zero-order valence-electron chi connectivity index (χ0n) is 12.0. The van der Waals surface area contributed by atoms with E-state index < -0.39 is 0 Å². The first-order valence-electron chi connectivity index (χ1n) is 7.18. The Morgan fingerprint density at radius 3 is 2.71 bits per heavy atom. The maximum Gasteiger partial charge on any atom is 0.210 e. The molecule has 0 radical (unpaired) electrons. The van der Waals surface area contributed by atoms with Gasteiger partial charge in [-0.25, -0.2) is 0 Å². The molecule has 0 spiro atoms. The molecule has 0 aliphatic heterocycles. The summed E-state index contributed by atoms with van der Waals surface area (Å²) in [4.78, 5) is 11.9. The van der Waals surface area contributed by atoms with Gasteiger partial charge in [0, 0.05) is 12.5 Å². The smallest absolute Gasteiger partial charge is 0.210 e. The van der Waals surface area contributed by atoms with Gasteiger partial charge in [0.2, 0.25) is 5.76 Å². The lowest BCUT2D eigenvalue weighted by Gasteiger charge is -2.06. The molecule has 1 aromatic carbocycles. The van der Waals surface area contributed by atoms with E-state index in [1.165, 1.54) is 6.92 Å². The third-order valence-corrected chi connectivity index (χ3v) is 3.61. The number of hydrogen-bond acceptors (Lipinski definition) is 3. The molecule has 0 amide bonds. The molecule has 1 aliphatic carbocycles. The third kappa shape index (κ3) is 2.72. The average molecular weight is 279 g/mol. The van der Waals surface area contributed by atoms with Crippen molar-refractivity contribution in [2.75, 3.05) is 0 Å². The molecule has 3 nitrogen and oxygen atoms in total. The van der Waals surface area contributed by atoms with Crippen LogP contribution in [0.3, 0.4) is 0 Å². The van der Waals surface area contributed by atoms with Gasteiger partial charge in [-0.3, -0.25) is 4.79 Å². The summed E-state index contributed by atoms with van der Waals surface area (Å²) in [6.45, 7) is 1.52. The van der Waals surface area contributed by atoms with Gasteiger partial charge in [0.05, 0.1) is 5.56 Å². The summed E-state index contributed by atoms with van der Waals surface area (Å²) in [5, 5.41) is 4.15. The van der Waals surface area contributed by atoms with Gasteiger partial charge in [-0.2, -0.15) is 0 Å². The number of carbonyl (C=O) groups is 1. The molecular formula is C18H17NO2. The highest BCUT2D eigenvalue weighted by Crippen LogP contribution is 2.34. The number of hydrogen-bond donors (Lipinski definition) is 0. The van der Waals surface area contributed by atoms with Crippen molar-refractivity contribution in [3.8, 4) is 11.3 Å². The van der Waals surface area contributed by atoms with Crippen molar-refractivity contribution in [2.24, 2.45) is 0 Å². The maximum atomic E-state index is 11.9. The van der Waals surface area contributed by atoms with Crippen LogP contribution in [0.15, 0.2) is 53.1 Å². The van der Waals surface area contributed by atoms with Crippen LogP contribution >= 0.6 is 0 Å². The number of ketones is 1. The molecule has 0 fully saturated rings. The number of aromatic nitrogens is 1. The fourth-order valence-corrected chi connectivity index (χ4v) is 2.59. The number of nitrogens with zero attached hydrogens (tertiary/aromatic N) is 1. The van der Waals surface area contributed by atoms with Gasteiger partial charge in [0.1, 0.15) is 5.69 Å². The molecule has 0 saturated heterocycles. The molecule has 1 aromatic heterocycles. The second kappa shape index (κ2) is 5.92. The van der Waals surface area contributed by atoms with Crippen LogP contribution in [0.2, 0.25) is 0 Å². The standard InChI is InChI=1S/C18H17NO2/c1-13(20)18-16(14-9-5-2-3-6-10-14)17(19-21-18)15-11-7-4-8-12-15/h2,4-5,7-8,10-12H,3,6,9H2,1H3. The summed E-state index contributed by atoms with van der Waals surface area (Å²) in [5.41, 5.74) is 3.69. The zero-order chi connectivity index (χ0) is 14.7. The van der Waals surface area contributed by atoms with Gasteiger partial charge in [-0.15, -0.1) is 0 Å². The summed E-state index contributed by atoms with van der Waals surface area (Å²) in [6, 6.07) is 9.85. The van der Waals surface area contributed by atoms with Crippen molar-refractivity contribution in [3.05, 3.63) is 59.9 Å². The molecule has 106 valence electrons. The van der Waals surface area contributed by atoms with Gasteiger partial charge in [-0.1, -0.05) is 53.7 Å². The van der Waals surface area contributed by atoms with E-state index in [-0.39, 0.29) is 5.78 Å². The highest BCUT2D eigenvalue weighted by molar-refractivity contribution is 5.99. The highest BCUT2D eigenvalue weighted by Gasteiger charge is 2.23. The van der Waals surface area contributed by atoms with Crippen LogP contribution in [0.25, 0.3) is 16.8 Å². The molecule has 3 heteroatoms. The molecule has 0 N–H and O–H groups in total. The lowest BCUT2D eigenvalue weighted by atomic mass is 9.95. The number of benzene rings is 1. The lowest BCUT2D eigenvalue weighted by molar-refractivity contribution is 0.0978. The van der Waals surface area contributed by atoms with Crippen LogP contribution in [-0.2, 0) is 0 Å². The minimum atomic E-state index is -0.0891. The first kappa shape index (κ1) is 13.6. The highest BCUT2D eigenvalue weighted by atomic mass is 16.5. The molecule has 0 atom stereocenters. The van der Waals surface area contributed by atoms with E-state index in [4.69, 9.17) is 4.52 Å². The van der Waals surface area contributed by atoms with Crippen molar-refractivity contribution < 1.29 is 9.32 Å². The maximum absolute atomic E-state index is 11.9. The quantitative estimate of drug-likeness (QED) is 0.606. The van der Waals surface area contributed by atoms with Crippen LogP contribution in [0.5, 0.6) is 0 Å².